The van der Waals surface area contributed by atoms with Crippen LogP contribution in [0.1, 0.15) is 15.9 Å². The summed E-state index contributed by atoms with van der Waals surface area (Å²) in [6.07, 6.45) is 0. The van der Waals surface area contributed by atoms with Crippen molar-refractivity contribution in [2.24, 2.45) is 0 Å². The molecule has 0 saturated heterocycles. The van der Waals surface area contributed by atoms with Crippen LogP contribution >= 0.6 is 0 Å². The minimum absolute atomic E-state index is 0.0514. The highest BCUT2D eigenvalue weighted by molar-refractivity contribution is 5.96. The fraction of sp³-hybridized carbons (Fsp3) is 0.235. The van der Waals surface area contributed by atoms with Gasteiger partial charge in [0.1, 0.15) is 17.2 Å². The molecule has 0 heterocycles. The van der Waals surface area contributed by atoms with Gasteiger partial charge in [-0.3, -0.25) is 4.79 Å². The summed E-state index contributed by atoms with van der Waals surface area (Å²) in [6.45, 7) is -2.63. The third-order valence-corrected chi connectivity index (χ3v) is 3.35. The molecule has 128 valence electrons. The molecule has 2 aromatic rings. The van der Waals surface area contributed by atoms with Crippen LogP contribution in [0.2, 0.25) is 0 Å². The van der Waals surface area contributed by atoms with E-state index in [0.717, 1.165) is 5.56 Å². The Labute approximate surface area is 138 Å². The van der Waals surface area contributed by atoms with Gasteiger partial charge in [0, 0.05) is 19.7 Å². The van der Waals surface area contributed by atoms with Crippen molar-refractivity contribution in [2.75, 3.05) is 14.2 Å². The molecule has 0 fully saturated rings. The molecule has 2 rings (SSSR count). The van der Waals surface area contributed by atoms with Crippen LogP contribution in [0, 0.1) is 0 Å². The minimum atomic E-state index is -2.88. The fourth-order valence-corrected chi connectivity index (χ4v) is 2.15. The number of carbonyl (C=O) groups is 1. The first-order valence-electron chi connectivity index (χ1n) is 7.07. The third kappa shape index (κ3) is 4.34. The van der Waals surface area contributed by atoms with E-state index in [1.807, 2.05) is 0 Å². The first-order valence-corrected chi connectivity index (χ1v) is 7.07. The average molecular weight is 337 g/mol. The lowest BCUT2D eigenvalue weighted by Gasteiger charge is -2.18. The lowest BCUT2D eigenvalue weighted by atomic mass is 10.1. The topological polar surface area (TPSA) is 59.0 Å². The van der Waals surface area contributed by atoms with Crippen LogP contribution in [0.3, 0.4) is 0 Å². The first kappa shape index (κ1) is 17.5. The van der Waals surface area contributed by atoms with Crippen LogP contribution in [0.5, 0.6) is 17.2 Å². The number of methoxy groups -OCH3 is 1. The van der Waals surface area contributed by atoms with E-state index in [-0.39, 0.29) is 29.5 Å². The molecule has 0 radical (unpaired) electrons. The molecule has 24 heavy (non-hydrogen) atoms. The maximum Gasteiger partial charge on any atom is 0.387 e. The van der Waals surface area contributed by atoms with Crippen molar-refractivity contribution in [3.8, 4) is 17.2 Å². The lowest BCUT2D eigenvalue weighted by Crippen LogP contribution is -2.26. The number of nitrogens with zero attached hydrogens (tertiary/aromatic N) is 1. The van der Waals surface area contributed by atoms with Crippen LogP contribution in [-0.4, -0.2) is 36.7 Å². The molecule has 1 amide bonds. The van der Waals surface area contributed by atoms with Gasteiger partial charge >= 0.3 is 6.61 Å². The number of carbonyl (C=O) groups excluding carboxylic acids is 1. The first-order chi connectivity index (χ1) is 11.4. The summed E-state index contributed by atoms with van der Waals surface area (Å²) in [5, 5.41) is 9.91. The summed E-state index contributed by atoms with van der Waals surface area (Å²) in [7, 11) is 3.04. The van der Waals surface area contributed by atoms with Crippen molar-refractivity contribution in [1.29, 1.82) is 0 Å². The molecule has 0 saturated carbocycles. The van der Waals surface area contributed by atoms with Gasteiger partial charge in [-0.2, -0.15) is 8.78 Å². The SMILES string of the molecule is COc1ccc(C(=O)N(C)Cc2ccc(OC(F)F)cc2)c(O)c1. The number of ether oxygens (including phenoxy) is 2. The predicted octanol–water partition coefficient (Wildman–Crippen LogP) is 3.27. The van der Waals surface area contributed by atoms with E-state index in [2.05, 4.69) is 4.74 Å². The van der Waals surface area contributed by atoms with Crippen LogP contribution in [0.25, 0.3) is 0 Å². The van der Waals surface area contributed by atoms with Gasteiger partial charge < -0.3 is 19.5 Å². The van der Waals surface area contributed by atoms with Crippen LogP contribution < -0.4 is 9.47 Å². The Hall–Kier alpha value is -2.83. The molecule has 0 atom stereocenters. The van der Waals surface area contributed by atoms with E-state index in [9.17, 15) is 18.7 Å². The molecule has 0 aliphatic carbocycles. The van der Waals surface area contributed by atoms with Gasteiger partial charge in [-0.25, -0.2) is 0 Å². The summed E-state index contributed by atoms with van der Waals surface area (Å²) in [5.41, 5.74) is 0.886. The summed E-state index contributed by atoms with van der Waals surface area (Å²) in [4.78, 5) is 13.8. The molecule has 1 N–H and O–H groups in total. The van der Waals surface area contributed by atoms with E-state index in [1.54, 1.807) is 25.2 Å². The van der Waals surface area contributed by atoms with Crippen molar-refractivity contribution in [3.05, 3.63) is 53.6 Å². The molecule has 2 aromatic carbocycles. The fourth-order valence-electron chi connectivity index (χ4n) is 2.15. The van der Waals surface area contributed by atoms with Crippen molar-refractivity contribution in [2.45, 2.75) is 13.2 Å². The zero-order valence-corrected chi connectivity index (χ0v) is 13.2. The Morgan fingerprint density at radius 3 is 2.33 bits per heavy atom. The smallest absolute Gasteiger partial charge is 0.387 e. The highest BCUT2D eigenvalue weighted by atomic mass is 19.3. The number of halogens is 2. The largest absolute Gasteiger partial charge is 0.507 e. The van der Waals surface area contributed by atoms with Gasteiger partial charge in [0.2, 0.25) is 0 Å². The lowest BCUT2D eigenvalue weighted by molar-refractivity contribution is -0.0498. The number of aromatic hydroxyl groups is 1. The van der Waals surface area contributed by atoms with Crippen molar-refractivity contribution in [1.82, 2.24) is 4.90 Å². The van der Waals surface area contributed by atoms with E-state index in [1.165, 1.54) is 36.3 Å². The van der Waals surface area contributed by atoms with Crippen LogP contribution in [0.4, 0.5) is 8.78 Å². The van der Waals surface area contributed by atoms with Gasteiger partial charge in [-0.05, 0) is 29.8 Å². The van der Waals surface area contributed by atoms with Crippen LogP contribution in [0.15, 0.2) is 42.5 Å². The summed E-state index contributed by atoms with van der Waals surface area (Å²) < 4.78 is 33.5. The highest BCUT2D eigenvalue weighted by Gasteiger charge is 2.16. The minimum Gasteiger partial charge on any atom is -0.507 e. The maximum atomic E-state index is 12.4. The molecule has 0 unspecified atom stereocenters. The van der Waals surface area contributed by atoms with Crippen molar-refractivity contribution < 1.29 is 28.2 Å². The van der Waals surface area contributed by atoms with Crippen LogP contribution in [-0.2, 0) is 6.54 Å². The number of rotatable bonds is 6. The second-order valence-electron chi connectivity index (χ2n) is 5.07. The van der Waals surface area contributed by atoms with Gasteiger partial charge in [0.05, 0.1) is 12.7 Å². The van der Waals surface area contributed by atoms with E-state index in [4.69, 9.17) is 4.74 Å². The Morgan fingerprint density at radius 1 is 1.17 bits per heavy atom. The van der Waals surface area contributed by atoms with Crippen molar-refractivity contribution >= 4 is 5.91 Å². The average Bonchev–Trinajstić information content (AvgIpc) is 2.55. The van der Waals surface area contributed by atoms with E-state index in [0.29, 0.717) is 5.75 Å². The number of hydrogen-bond donors (Lipinski definition) is 1. The molecule has 0 bridgehead atoms. The van der Waals surface area contributed by atoms with Gasteiger partial charge in [-0.1, -0.05) is 12.1 Å². The number of phenolic OH excluding ortho intramolecular Hbond substituents is 1. The molecule has 5 nitrogen and oxygen atoms in total. The Bertz CT molecular complexity index is 704. The molecule has 0 aliphatic rings. The third-order valence-electron chi connectivity index (χ3n) is 3.35. The van der Waals surface area contributed by atoms with Gasteiger partial charge in [-0.15, -0.1) is 0 Å². The molecular weight excluding hydrogens is 320 g/mol. The van der Waals surface area contributed by atoms with Gasteiger partial charge in [0.25, 0.3) is 5.91 Å². The monoisotopic (exact) mass is 337 g/mol. The van der Waals surface area contributed by atoms with E-state index >= 15 is 0 Å². The standard InChI is InChI=1S/C17H17F2NO4/c1-20(10-11-3-5-12(6-4-11)24-17(18)19)16(22)14-8-7-13(23-2)9-15(14)21/h3-9,17,21H,10H2,1-2H3. The Balaban J connectivity index is 2.06. The zero-order valence-electron chi connectivity index (χ0n) is 13.2. The number of hydrogen-bond acceptors (Lipinski definition) is 4. The zero-order chi connectivity index (χ0) is 17.7. The number of amides is 1. The second kappa shape index (κ2) is 7.63. The predicted molar refractivity (Wildman–Crippen MR) is 83.5 cm³/mol. The van der Waals surface area contributed by atoms with Crippen molar-refractivity contribution in [3.63, 3.8) is 0 Å². The molecule has 0 aromatic heterocycles. The Kier molecular flexibility index (Phi) is 5.57. The molecule has 7 heteroatoms. The molecule has 0 spiro atoms. The normalized spacial score (nSPS) is 10.5. The summed E-state index contributed by atoms with van der Waals surface area (Å²) in [6, 6.07) is 10.4. The summed E-state index contributed by atoms with van der Waals surface area (Å²) >= 11 is 0. The van der Waals surface area contributed by atoms with E-state index < -0.39 is 6.61 Å². The number of benzene rings is 2. The molecular formula is C17H17F2NO4. The maximum absolute atomic E-state index is 12.4. The second-order valence-corrected chi connectivity index (χ2v) is 5.07. The quantitative estimate of drug-likeness (QED) is 0.879. The van der Waals surface area contributed by atoms with Gasteiger partial charge in [0.15, 0.2) is 0 Å². The number of phenols is 1. The number of alkyl halides is 2. The summed E-state index contributed by atoms with van der Waals surface area (Å²) in [5.74, 6) is -0.0493. The molecule has 0 aliphatic heterocycles. The Morgan fingerprint density at radius 2 is 1.79 bits per heavy atom. The highest BCUT2D eigenvalue weighted by Crippen LogP contribution is 2.25.